The van der Waals surface area contributed by atoms with Gasteiger partial charge in [0, 0.05) is 19.6 Å². The first-order valence-corrected chi connectivity index (χ1v) is 14.6. The van der Waals surface area contributed by atoms with Crippen molar-refractivity contribution < 1.29 is 17.6 Å². The second kappa shape index (κ2) is 10.8. The van der Waals surface area contributed by atoms with E-state index in [0.717, 1.165) is 30.8 Å². The lowest BCUT2D eigenvalue weighted by Crippen LogP contribution is -2.54. The fourth-order valence-electron chi connectivity index (χ4n) is 4.23. The third kappa shape index (κ3) is 5.18. The number of carbonyl (C=O) groups excluding carboxylic acids is 1. The van der Waals surface area contributed by atoms with Crippen LogP contribution in [0.4, 0.5) is 9.52 Å². The fraction of sp³-hybridized carbons (Fsp3) is 0.478. The number of sulfonamides is 1. The van der Waals surface area contributed by atoms with Crippen LogP contribution in [0.25, 0.3) is 10.2 Å². The molecule has 1 aromatic carbocycles. The van der Waals surface area contributed by atoms with Gasteiger partial charge in [0.15, 0.2) is 5.13 Å². The molecule has 1 aliphatic heterocycles. The minimum absolute atomic E-state index is 0.248. The summed E-state index contributed by atoms with van der Waals surface area (Å²) in [7, 11) is -3.77. The van der Waals surface area contributed by atoms with E-state index in [-0.39, 0.29) is 15.9 Å². The Morgan fingerprint density at radius 1 is 1.21 bits per heavy atom. The number of carbonyl (C=O) groups is 1. The highest BCUT2D eigenvalue weighted by atomic mass is 32.2. The van der Waals surface area contributed by atoms with Gasteiger partial charge in [-0.3, -0.25) is 9.69 Å². The molecule has 2 aromatic heterocycles. The number of anilines is 1. The molecule has 184 valence electrons. The normalized spacial score (nSPS) is 17.5. The Bertz CT molecular complexity index is 1230. The highest BCUT2D eigenvalue weighted by molar-refractivity contribution is 7.91. The van der Waals surface area contributed by atoms with Gasteiger partial charge in [-0.2, -0.15) is 4.31 Å². The van der Waals surface area contributed by atoms with Crippen LogP contribution in [0.3, 0.4) is 0 Å². The zero-order valence-corrected chi connectivity index (χ0v) is 21.8. The summed E-state index contributed by atoms with van der Waals surface area (Å²) in [6.45, 7) is 7.13. The number of thiophene rings is 1. The van der Waals surface area contributed by atoms with E-state index < -0.39 is 16.1 Å². The van der Waals surface area contributed by atoms with Crippen LogP contribution in [0.5, 0.6) is 0 Å². The van der Waals surface area contributed by atoms with Crippen molar-refractivity contribution in [1.82, 2.24) is 14.2 Å². The second-order valence-electron chi connectivity index (χ2n) is 8.18. The first-order valence-electron chi connectivity index (χ1n) is 11.5. The van der Waals surface area contributed by atoms with Crippen LogP contribution < -0.4 is 4.90 Å². The zero-order chi connectivity index (χ0) is 24.3. The molecule has 1 saturated heterocycles. The van der Waals surface area contributed by atoms with Gasteiger partial charge in [0.2, 0.25) is 5.91 Å². The molecule has 4 rings (SSSR count). The fourth-order valence-corrected chi connectivity index (χ4v) is 8.02. The van der Waals surface area contributed by atoms with Crippen LogP contribution in [-0.4, -0.2) is 67.3 Å². The lowest BCUT2D eigenvalue weighted by Gasteiger charge is -2.36. The predicted octanol–water partition coefficient (Wildman–Crippen LogP) is 4.42. The second-order valence-corrected chi connectivity index (χ2v) is 12.3. The van der Waals surface area contributed by atoms with Crippen molar-refractivity contribution in [2.24, 2.45) is 0 Å². The van der Waals surface area contributed by atoms with Crippen LogP contribution in [0.1, 0.15) is 33.1 Å². The maximum Gasteiger partial charge on any atom is 0.253 e. The molecule has 0 radical (unpaired) electrons. The maximum absolute atomic E-state index is 14.0. The van der Waals surface area contributed by atoms with Crippen LogP contribution in [0.2, 0.25) is 0 Å². The van der Waals surface area contributed by atoms with Gasteiger partial charge in [-0.15, -0.1) is 11.3 Å². The van der Waals surface area contributed by atoms with Gasteiger partial charge >= 0.3 is 0 Å². The molecule has 7 nitrogen and oxygen atoms in total. The smallest absolute Gasteiger partial charge is 0.253 e. The van der Waals surface area contributed by atoms with Gasteiger partial charge in [-0.1, -0.05) is 37.7 Å². The first kappa shape index (κ1) is 25.2. The summed E-state index contributed by atoms with van der Waals surface area (Å²) in [4.78, 5) is 22.4. The minimum atomic E-state index is -3.77. The predicted molar refractivity (Wildman–Crippen MR) is 136 cm³/mol. The quantitative estimate of drug-likeness (QED) is 0.415. The average Bonchev–Trinajstić information content (AvgIpc) is 3.52. The molecule has 3 aromatic rings. The van der Waals surface area contributed by atoms with Crippen molar-refractivity contribution in [3.8, 4) is 0 Å². The molecule has 0 bridgehead atoms. The van der Waals surface area contributed by atoms with Gasteiger partial charge in [0.25, 0.3) is 10.0 Å². The molecule has 1 unspecified atom stereocenters. The number of fused-ring (bicyclic) bond motifs is 1. The van der Waals surface area contributed by atoms with E-state index in [9.17, 15) is 17.6 Å². The number of nitrogens with zero attached hydrogens (tertiary/aromatic N) is 4. The Morgan fingerprint density at radius 3 is 2.71 bits per heavy atom. The van der Waals surface area contributed by atoms with E-state index >= 15 is 0 Å². The number of thiazole rings is 1. The van der Waals surface area contributed by atoms with Gasteiger partial charge in [0.05, 0.1) is 10.2 Å². The summed E-state index contributed by atoms with van der Waals surface area (Å²) in [6.07, 6.45) is 1.96. The van der Waals surface area contributed by atoms with E-state index in [1.165, 1.54) is 27.8 Å². The summed E-state index contributed by atoms with van der Waals surface area (Å²) in [5.74, 6) is -0.629. The van der Waals surface area contributed by atoms with Crippen molar-refractivity contribution in [2.75, 3.05) is 37.6 Å². The summed E-state index contributed by atoms with van der Waals surface area (Å²) in [6, 6.07) is 6.86. The van der Waals surface area contributed by atoms with Gasteiger partial charge in [-0.25, -0.2) is 17.8 Å². The van der Waals surface area contributed by atoms with Crippen molar-refractivity contribution in [3.63, 3.8) is 0 Å². The Morgan fingerprint density at radius 2 is 2.00 bits per heavy atom. The summed E-state index contributed by atoms with van der Waals surface area (Å²) in [5, 5.41) is 2.20. The molecule has 0 spiro atoms. The Hall–Kier alpha value is -1.92. The van der Waals surface area contributed by atoms with E-state index in [0.29, 0.717) is 47.8 Å². The molecule has 11 heteroatoms. The number of likely N-dealkylation sites (N-methyl/N-ethyl adjacent to an activating group) is 1. The maximum atomic E-state index is 14.0. The Labute approximate surface area is 207 Å². The number of aromatic nitrogens is 1. The molecule has 1 fully saturated rings. The third-order valence-corrected chi connectivity index (χ3v) is 10.5. The molecule has 34 heavy (non-hydrogen) atoms. The van der Waals surface area contributed by atoms with Crippen LogP contribution >= 0.6 is 22.7 Å². The Kier molecular flexibility index (Phi) is 7.98. The molecule has 1 amide bonds. The van der Waals surface area contributed by atoms with E-state index in [1.54, 1.807) is 28.5 Å². The minimum Gasteiger partial charge on any atom is -0.302 e. The number of hydrogen-bond acceptors (Lipinski definition) is 7. The number of piperidine rings is 1. The lowest BCUT2D eigenvalue weighted by molar-refractivity contribution is -0.123. The number of hydrogen-bond donors (Lipinski definition) is 0. The molecule has 3 heterocycles. The molecular formula is C23H29FN4O3S3. The summed E-state index contributed by atoms with van der Waals surface area (Å²) in [5.41, 5.74) is 0.619. The topological polar surface area (TPSA) is 73.8 Å². The SMILES string of the molecule is CCN(CC)CCN(C(=O)C1CCCCN1S(=O)(=O)c1cccs1)c1nc2ccc(F)cc2s1. The van der Waals surface area contributed by atoms with Crippen LogP contribution in [0.15, 0.2) is 39.9 Å². The van der Waals surface area contributed by atoms with Crippen molar-refractivity contribution >= 4 is 54.0 Å². The van der Waals surface area contributed by atoms with Gasteiger partial charge < -0.3 is 4.90 Å². The van der Waals surface area contributed by atoms with E-state index in [4.69, 9.17) is 0 Å². The molecule has 0 aliphatic carbocycles. The highest BCUT2D eigenvalue weighted by Gasteiger charge is 2.40. The Balaban J connectivity index is 1.69. The van der Waals surface area contributed by atoms with Crippen molar-refractivity contribution in [2.45, 2.75) is 43.4 Å². The van der Waals surface area contributed by atoms with E-state index in [2.05, 4.69) is 23.7 Å². The van der Waals surface area contributed by atoms with Crippen molar-refractivity contribution in [1.29, 1.82) is 0 Å². The molecule has 1 atom stereocenters. The number of halogens is 1. The standard InChI is InChI=1S/C23H29FN4O3S3/c1-3-26(4-2)13-14-27(23-25-18-11-10-17(24)16-20(18)33-23)22(29)19-8-5-6-12-28(19)34(30,31)21-9-7-15-32-21/h7,9-11,15-16,19H,3-6,8,12-14H2,1-2H3. The van der Waals surface area contributed by atoms with Crippen LogP contribution in [0, 0.1) is 5.82 Å². The van der Waals surface area contributed by atoms with Crippen molar-refractivity contribution in [3.05, 3.63) is 41.5 Å². The number of amides is 1. The van der Waals surface area contributed by atoms with E-state index in [1.807, 2.05) is 0 Å². The first-order chi connectivity index (χ1) is 16.3. The summed E-state index contributed by atoms with van der Waals surface area (Å²) < 4.78 is 42.8. The summed E-state index contributed by atoms with van der Waals surface area (Å²) >= 11 is 2.41. The number of rotatable bonds is 9. The van der Waals surface area contributed by atoms with Crippen LogP contribution in [-0.2, 0) is 14.8 Å². The largest absolute Gasteiger partial charge is 0.302 e. The molecular weight excluding hydrogens is 495 g/mol. The lowest BCUT2D eigenvalue weighted by atomic mass is 10.0. The average molecular weight is 525 g/mol. The monoisotopic (exact) mass is 524 g/mol. The third-order valence-electron chi connectivity index (χ3n) is 6.17. The molecule has 1 aliphatic rings. The highest BCUT2D eigenvalue weighted by Crippen LogP contribution is 2.33. The number of benzene rings is 1. The molecule has 0 N–H and O–H groups in total. The van der Waals surface area contributed by atoms with Gasteiger partial charge in [-0.05, 0) is 55.6 Å². The van der Waals surface area contributed by atoms with Gasteiger partial charge in [0.1, 0.15) is 16.1 Å². The zero-order valence-electron chi connectivity index (χ0n) is 19.3. The molecule has 0 saturated carbocycles.